The highest BCUT2D eigenvalue weighted by molar-refractivity contribution is 8.01. The SMILES string of the molecule is C.C.C=CCSc1nnc(NC(=O)c2cc(SC)ccc2Cl)s1.CCCSc1nnc(NC(=O)c2cc(SC)ccc2Cl)s1. The minimum atomic E-state index is -0.285. The minimum absolute atomic E-state index is 0. The van der Waals surface area contributed by atoms with Crippen LogP contribution >= 0.6 is 92.9 Å². The summed E-state index contributed by atoms with van der Waals surface area (Å²) in [6.07, 6.45) is 6.76. The Morgan fingerprint density at radius 3 is 1.68 bits per heavy atom. The molecular weight excluding hydrogens is 716 g/mol. The molecule has 238 valence electrons. The van der Waals surface area contributed by atoms with Gasteiger partial charge in [0.15, 0.2) is 8.68 Å². The first kappa shape index (κ1) is 40.2. The van der Waals surface area contributed by atoms with Gasteiger partial charge in [-0.25, -0.2) is 0 Å². The number of carbonyl (C=O) groups excluding carboxylic acids is 2. The molecule has 0 saturated heterocycles. The van der Waals surface area contributed by atoms with Crippen LogP contribution in [0.1, 0.15) is 48.9 Å². The predicted molar refractivity (Wildman–Crippen MR) is 198 cm³/mol. The maximum Gasteiger partial charge on any atom is 0.259 e. The molecule has 2 N–H and O–H groups in total. The monoisotopic (exact) mass is 748 g/mol. The normalized spacial score (nSPS) is 10.0. The summed E-state index contributed by atoms with van der Waals surface area (Å²) in [5.74, 6) is 1.19. The van der Waals surface area contributed by atoms with Gasteiger partial charge in [-0.3, -0.25) is 20.2 Å². The highest BCUT2D eigenvalue weighted by Crippen LogP contribution is 2.29. The molecule has 0 spiro atoms. The average Bonchev–Trinajstić information content (AvgIpc) is 3.64. The third-order valence-electron chi connectivity index (χ3n) is 4.84. The van der Waals surface area contributed by atoms with E-state index in [-0.39, 0.29) is 26.7 Å². The van der Waals surface area contributed by atoms with Crippen molar-refractivity contribution >= 4 is 115 Å². The van der Waals surface area contributed by atoms with E-state index in [4.69, 9.17) is 23.2 Å². The molecule has 0 aliphatic heterocycles. The highest BCUT2D eigenvalue weighted by Gasteiger charge is 2.15. The van der Waals surface area contributed by atoms with Crippen LogP contribution in [-0.2, 0) is 0 Å². The predicted octanol–water partition coefficient (Wildman–Crippen LogP) is 10.4. The van der Waals surface area contributed by atoms with Crippen LogP contribution in [0.15, 0.2) is 67.5 Å². The zero-order chi connectivity index (χ0) is 30.5. The lowest BCUT2D eigenvalue weighted by atomic mass is 10.2. The zero-order valence-corrected chi connectivity index (χ0v) is 29.1. The molecule has 8 nitrogen and oxygen atoms in total. The molecular formula is C28H34Cl2N6O2S6. The molecule has 44 heavy (non-hydrogen) atoms. The van der Waals surface area contributed by atoms with Crippen LogP contribution in [-0.4, -0.2) is 56.2 Å². The Labute approximate surface area is 294 Å². The van der Waals surface area contributed by atoms with Crippen molar-refractivity contribution in [3.8, 4) is 0 Å². The van der Waals surface area contributed by atoms with Crippen LogP contribution in [0, 0.1) is 0 Å². The molecule has 4 rings (SSSR count). The number of carbonyl (C=O) groups is 2. The first-order valence-corrected chi connectivity index (χ1v) is 18.9. The number of halogens is 2. The third kappa shape index (κ3) is 12.5. The number of benzene rings is 2. The van der Waals surface area contributed by atoms with E-state index in [2.05, 4.69) is 44.5 Å². The van der Waals surface area contributed by atoms with Crippen LogP contribution < -0.4 is 10.6 Å². The topological polar surface area (TPSA) is 110 Å². The van der Waals surface area contributed by atoms with E-state index in [0.29, 0.717) is 31.4 Å². The van der Waals surface area contributed by atoms with Gasteiger partial charge in [0, 0.05) is 21.3 Å². The summed E-state index contributed by atoms with van der Waals surface area (Å²) >= 11 is 21.1. The number of nitrogens with zero attached hydrogens (tertiary/aromatic N) is 4. The molecule has 0 atom stereocenters. The van der Waals surface area contributed by atoms with Gasteiger partial charge in [-0.15, -0.1) is 50.5 Å². The van der Waals surface area contributed by atoms with E-state index < -0.39 is 0 Å². The smallest absolute Gasteiger partial charge is 0.259 e. The molecule has 0 fully saturated rings. The third-order valence-corrected chi connectivity index (χ3v) is 11.1. The van der Waals surface area contributed by atoms with Crippen molar-refractivity contribution in [1.82, 2.24) is 20.4 Å². The molecule has 0 bridgehead atoms. The van der Waals surface area contributed by atoms with Crippen LogP contribution in [0.5, 0.6) is 0 Å². The fraction of sp³-hybridized carbons (Fsp3) is 0.286. The summed E-state index contributed by atoms with van der Waals surface area (Å²) in [6, 6.07) is 10.7. The van der Waals surface area contributed by atoms with E-state index in [0.717, 1.165) is 36.4 Å². The molecule has 16 heteroatoms. The van der Waals surface area contributed by atoms with Gasteiger partial charge in [0.2, 0.25) is 10.3 Å². The summed E-state index contributed by atoms with van der Waals surface area (Å²) in [4.78, 5) is 26.5. The molecule has 0 aliphatic rings. The Morgan fingerprint density at radius 2 is 1.27 bits per heavy atom. The van der Waals surface area contributed by atoms with Gasteiger partial charge < -0.3 is 0 Å². The fourth-order valence-electron chi connectivity index (χ4n) is 2.90. The number of anilines is 2. The Morgan fingerprint density at radius 1 is 0.818 bits per heavy atom. The lowest BCUT2D eigenvalue weighted by molar-refractivity contribution is 0.101. The Hall–Kier alpha value is -1.78. The van der Waals surface area contributed by atoms with Crippen molar-refractivity contribution in [2.24, 2.45) is 0 Å². The van der Waals surface area contributed by atoms with Crippen LogP contribution in [0.4, 0.5) is 10.3 Å². The maximum absolute atomic E-state index is 12.3. The van der Waals surface area contributed by atoms with E-state index >= 15 is 0 Å². The second kappa shape index (κ2) is 21.1. The number of aromatic nitrogens is 4. The number of amides is 2. The molecule has 0 saturated carbocycles. The van der Waals surface area contributed by atoms with E-state index in [9.17, 15) is 9.59 Å². The Bertz CT molecular complexity index is 1520. The molecule has 0 aliphatic carbocycles. The number of hydrogen-bond acceptors (Lipinski definition) is 12. The fourth-order valence-corrected chi connectivity index (χ4v) is 7.36. The summed E-state index contributed by atoms with van der Waals surface area (Å²) < 4.78 is 1.64. The van der Waals surface area contributed by atoms with Gasteiger partial charge in [0.25, 0.3) is 11.8 Å². The summed E-state index contributed by atoms with van der Waals surface area (Å²) in [5.41, 5.74) is 0.875. The summed E-state index contributed by atoms with van der Waals surface area (Å²) in [6.45, 7) is 5.75. The van der Waals surface area contributed by atoms with E-state index in [1.165, 1.54) is 34.4 Å². The van der Waals surface area contributed by atoms with Crippen LogP contribution in [0.25, 0.3) is 0 Å². The van der Waals surface area contributed by atoms with Gasteiger partial charge >= 0.3 is 0 Å². The van der Waals surface area contributed by atoms with Gasteiger partial charge in [0.1, 0.15) is 0 Å². The lowest BCUT2D eigenvalue weighted by Crippen LogP contribution is -2.12. The number of nitrogens with one attached hydrogen (secondary N) is 2. The van der Waals surface area contributed by atoms with Crippen molar-refractivity contribution in [2.45, 2.75) is 46.7 Å². The number of rotatable bonds is 12. The second-order valence-corrected chi connectivity index (χ2v) is 14.9. The summed E-state index contributed by atoms with van der Waals surface area (Å²) in [5, 5.41) is 23.2. The molecule has 2 heterocycles. The first-order chi connectivity index (χ1) is 20.3. The zero-order valence-electron chi connectivity index (χ0n) is 22.7. The van der Waals surface area contributed by atoms with Crippen molar-refractivity contribution < 1.29 is 9.59 Å². The van der Waals surface area contributed by atoms with Crippen molar-refractivity contribution in [2.75, 3.05) is 34.7 Å². The molecule has 2 amide bonds. The van der Waals surface area contributed by atoms with Crippen molar-refractivity contribution in [3.63, 3.8) is 0 Å². The quantitative estimate of drug-likeness (QED) is 0.0825. The minimum Gasteiger partial charge on any atom is -0.296 e. The molecule has 0 unspecified atom stereocenters. The molecule has 2 aromatic carbocycles. The highest BCUT2D eigenvalue weighted by atomic mass is 35.5. The largest absolute Gasteiger partial charge is 0.296 e. The van der Waals surface area contributed by atoms with Gasteiger partial charge in [0.05, 0.1) is 21.2 Å². The van der Waals surface area contributed by atoms with Crippen LogP contribution in [0.2, 0.25) is 10.0 Å². The van der Waals surface area contributed by atoms with Crippen LogP contribution in [0.3, 0.4) is 0 Å². The standard InChI is InChI=1S/C13H14ClN3OS3.C13H12ClN3OS3.2CH4/c2*1-3-6-20-13-17-16-12(21-13)15-11(18)9-7-8(19-2)4-5-10(9)14;;/h4-5,7H,3,6H2,1-2H3,(H,15,16,18);3-5,7H,1,6H2,2H3,(H,15,16,18);2*1H4. The average molecular weight is 750 g/mol. The van der Waals surface area contributed by atoms with Gasteiger partial charge in [-0.1, -0.05) is 97.3 Å². The second-order valence-electron chi connectivity index (χ2n) is 7.79. The van der Waals surface area contributed by atoms with Crippen molar-refractivity contribution in [1.29, 1.82) is 0 Å². The molecule has 0 radical (unpaired) electrons. The number of thioether (sulfide) groups is 4. The lowest BCUT2D eigenvalue weighted by Gasteiger charge is -2.05. The van der Waals surface area contributed by atoms with E-state index in [1.807, 2.05) is 24.6 Å². The number of hydrogen-bond donors (Lipinski definition) is 2. The van der Waals surface area contributed by atoms with E-state index in [1.54, 1.807) is 65.6 Å². The summed E-state index contributed by atoms with van der Waals surface area (Å²) in [7, 11) is 0. The maximum atomic E-state index is 12.3. The van der Waals surface area contributed by atoms with Gasteiger partial charge in [-0.05, 0) is 55.3 Å². The Balaban J connectivity index is 0.000000421. The van der Waals surface area contributed by atoms with Gasteiger partial charge in [-0.2, -0.15) is 0 Å². The molecule has 4 aromatic rings. The first-order valence-electron chi connectivity index (χ1n) is 12.1. The Kier molecular flexibility index (Phi) is 19.3. The molecule has 2 aromatic heterocycles. The van der Waals surface area contributed by atoms with Crippen molar-refractivity contribution in [3.05, 3.63) is 70.2 Å².